The van der Waals surface area contributed by atoms with Crippen LogP contribution in [0.1, 0.15) is 29.7 Å². The highest BCUT2D eigenvalue weighted by Crippen LogP contribution is 2.38. The standard InChI is InChI=1S/C24H23NO4/c1-17(26)25(15-18-8-11-21(27-2)12-9-18)24(19-6-4-3-5-7-19)20-10-13-22-23(14-20)29-16-28-22/h3-14,24H,15-16H2,1-2H3/t24-/m1/s1. The Morgan fingerprint density at radius 1 is 0.966 bits per heavy atom. The highest BCUT2D eigenvalue weighted by atomic mass is 16.7. The Hall–Kier alpha value is -3.47. The normalized spacial score (nSPS) is 13.0. The van der Waals surface area contributed by atoms with Crippen molar-refractivity contribution in [2.24, 2.45) is 0 Å². The van der Waals surface area contributed by atoms with Crippen LogP contribution in [0.3, 0.4) is 0 Å². The highest BCUT2D eigenvalue weighted by molar-refractivity contribution is 5.74. The largest absolute Gasteiger partial charge is 0.497 e. The molecule has 4 rings (SSSR count). The van der Waals surface area contributed by atoms with Crippen LogP contribution in [-0.4, -0.2) is 24.7 Å². The van der Waals surface area contributed by atoms with E-state index >= 15 is 0 Å². The maximum atomic E-state index is 12.7. The van der Waals surface area contributed by atoms with Crippen molar-refractivity contribution in [2.45, 2.75) is 19.5 Å². The summed E-state index contributed by atoms with van der Waals surface area (Å²) in [6.07, 6.45) is 0. The van der Waals surface area contributed by atoms with Gasteiger partial charge in [-0.1, -0.05) is 48.5 Å². The van der Waals surface area contributed by atoms with E-state index in [0.29, 0.717) is 12.3 Å². The van der Waals surface area contributed by atoms with Crippen LogP contribution in [-0.2, 0) is 11.3 Å². The fourth-order valence-corrected chi connectivity index (χ4v) is 3.58. The maximum Gasteiger partial charge on any atom is 0.231 e. The zero-order valence-electron chi connectivity index (χ0n) is 16.5. The zero-order chi connectivity index (χ0) is 20.2. The molecule has 148 valence electrons. The number of benzene rings is 3. The summed E-state index contributed by atoms with van der Waals surface area (Å²) in [4.78, 5) is 14.6. The molecule has 0 fully saturated rings. The molecule has 0 spiro atoms. The monoisotopic (exact) mass is 389 g/mol. The smallest absolute Gasteiger partial charge is 0.231 e. The van der Waals surface area contributed by atoms with Gasteiger partial charge < -0.3 is 19.1 Å². The predicted molar refractivity (Wildman–Crippen MR) is 110 cm³/mol. The van der Waals surface area contributed by atoms with Crippen LogP contribution < -0.4 is 14.2 Å². The molecule has 1 aliphatic heterocycles. The van der Waals surface area contributed by atoms with Gasteiger partial charge in [-0.25, -0.2) is 0 Å². The van der Waals surface area contributed by atoms with Gasteiger partial charge in [-0.15, -0.1) is 0 Å². The van der Waals surface area contributed by atoms with Crippen molar-refractivity contribution >= 4 is 5.91 Å². The molecule has 1 amide bonds. The quantitative estimate of drug-likeness (QED) is 0.620. The molecule has 0 unspecified atom stereocenters. The Morgan fingerprint density at radius 3 is 2.38 bits per heavy atom. The van der Waals surface area contributed by atoms with E-state index < -0.39 is 0 Å². The number of carbonyl (C=O) groups is 1. The summed E-state index contributed by atoms with van der Waals surface area (Å²) in [5.74, 6) is 2.22. The molecule has 5 nitrogen and oxygen atoms in total. The number of nitrogens with zero attached hydrogens (tertiary/aromatic N) is 1. The number of ether oxygens (including phenoxy) is 3. The molecular weight excluding hydrogens is 366 g/mol. The lowest BCUT2D eigenvalue weighted by atomic mass is 9.96. The molecule has 5 heteroatoms. The lowest BCUT2D eigenvalue weighted by Gasteiger charge is -2.32. The fraction of sp³-hybridized carbons (Fsp3) is 0.208. The topological polar surface area (TPSA) is 48.0 Å². The molecule has 0 bridgehead atoms. The summed E-state index contributed by atoms with van der Waals surface area (Å²) in [5, 5.41) is 0. The summed E-state index contributed by atoms with van der Waals surface area (Å²) < 4.78 is 16.3. The van der Waals surface area contributed by atoms with E-state index in [1.165, 1.54) is 0 Å². The van der Waals surface area contributed by atoms with Gasteiger partial charge in [0.05, 0.1) is 13.2 Å². The third-order valence-corrected chi connectivity index (χ3v) is 5.06. The molecule has 0 saturated heterocycles. The number of amides is 1. The molecule has 1 heterocycles. The molecule has 1 aliphatic rings. The molecular formula is C24H23NO4. The average molecular weight is 389 g/mol. The number of carbonyl (C=O) groups excluding carboxylic acids is 1. The van der Waals surface area contributed by atoms with Crippen LogP contribution in [0.4, 0.5) is 0 Å². The van der Waals surface area contributed by atoms with Crippen LogP contribution in [0.5, 0.6) is 17.2 Å². The fourth-order valence-electron chi connectivity index (χ4n) is 3.58. The minimum Gasteiger partial charge on any atom is -0.497 e. The molecule has 0 saturated carbocycles. The van der Waals surface area contributed by atoms with E-state index in [1.54, 1.807) is 14.0 Å². The molecule has 0 radical (unpaired) electrons. The molecule has 0 aromatic heterocycles. The van der Waals surface area contributed by atoms with Crippen molar-refractivity contribution in [1.82, 2.24) is 4.90 Å². The summed E-state index contributed by atoms with van der Waals surface area (Å²) in [6, 6.07) is 23.4. The first-order chi connectivity index (χ1) is 14.2. The van der Waals surface area contributed by atoms with E-state index in [-0.39, 0.29) is 18.7 Å². The van der Waals surface area contributed by atoms with Gasteiger partial charge in [-0.2, -0.15) is 0 Å². The second-order valence-corrected chi connectivity index (χ2v) is 6.92. The van der Waals surface area contributed by atoms with Crippen LogP contribution in [0.2, 0.25) is 0 Å². The van der Waals surface area contributed by atoms with Crippen LogP contribution >= 0.6 is 0 Å². The van der Waals surface area contributed by atoms with E-state index in [4.69, 9.17) is 14.2 Å². The molecule has 1 atom stereocenters. The SMILES string of the molecule is COc1ccc(CN(C(C)=O)[C@H](c2ccccc2)c2ccc3c(c2)OCO3)cc1. The Balaban J connectivity index is 1.74. The third-order valence-electron chi connectivity index (χ3n) is 5.06. The lowest BCUT2D eigenvalue weighted by Crippen LogP contribution is -2.33. The predicted octanol–water partition coefficient (Wildman–Crippen LogP) is 4.56. The molecule has 3 aromatic rings. The molecule has 29 heavy (non-hydrogen) atoms. The summed E-state index contributed by atoms with van der Waals surface area (Å²) >= 11 is 0. The number of hydrogen-bond donors (Lipinski definition) is 0. The second kappa shape index (κ2) is 8.27. The van der Waals surface area contributed by atoms with E-state index in [2.05, 4.69) is 0 Å². The lowest BCUT2D eigenvalue weighted by molar-refractivity contribution is -0.131. The van der Waals surface area contributed by atoms with Crippen molar-refractivity contribution < 1.29 is 19.0 Å². The Labute approximate surface area is 170 Å². The average Bonchev–Trinajstić information content (AvgIpc) is 3.22. The van der Waals surface area contributed by atoms with Crippen molar-refractivity contribution in [3.05, 3.63) is 89.5 Å². The van der Waals surface area contributed by atoms with E-state index in [0.717, 1.165) is 28.2 Å². The number of rotatable bonds is 6. The Kier molecular flexibility index (Phi) is 5.38. The minimum absolute atomic E-state index is 0.00709. The molecule has 3 aromatic carbocycles. The van der Waals surface area contributed by atoms with Crippen LogP contribution in [0.15, 0.2) is 72.8 Å². The third kappa shape index (κ3) is 4.04. The highest BCUT2D eigenvalue weighted by Gasteiger charge is 2.27. The number of hydrogen-bond acceptors (Lipinski definition) is 4. The maximum absolute atomic E-state index is 12.7. The first-order valence-corrected chi connectivity index (χ1v) is 9.50. The Bertz CT molecular complexity index is 986. The van der Waals surface area contributed by atoms with Gasteiger partial charge in [0.25, 0.3) is 0 Å². The number of fused-ring (bicyclic) bond motifs is 1. The van der Waals surface area contributed by atoms with Gasteiger partial charge >= 0.3 is 0 Å². The van der Waals surface area contributed by atoms with Gasteiger partial charge in [0.1, 0.15) is 5.75 Å². The second-order valence-electron chi connectivity index (χ2n) is 6.92. The van der Waals surface area contributed by atoms with Gasteiger partial charge in [0.15, 0.2) is 11.5 Å². The van der Waals surface area contributed by atoms with Gasteiger partial charge in [0, 0.05) is 13.5 Å². The minimum atomic E-state index is -0.245. The van der Waals surface area contributed by atoms with E-state index in [9.17, 15) is 4.79 Å². The van der Waals surface area contributed by atoms with Crippen LogP contribution in [0.25, 0.3) is 0 Å². The summed E-state index contributed by atoms with van der Waals surface area (Å²) in [5.41, 5.74) is 3.04. The first-order valence-electron chi connectivity index (χ1n) is 9.50. The molecule has 0 aliphatic carbocycles. The van der Waals surface area contributed by atoms with Gasteiger partial charge in [-0.05, 0) is 41.0 Å². The van der Waals surface area contributed by atoms with Gasteiger partial charge in [0.2, 0.25) is 12.7 Å². The van der Waals surface area contributed by atoms with Crippen LogP contribution in [0, 0.1) is 0 Å². The number of methoxy groups -OCH3 is 1. The van der Waals surface area contributed by atoms with Crippen molar-refractivity contribution in [3.8, 4) is 17.2 Å². The van der Waals surface area contributed by atoms with E-state index in [1.807, 2.05) is 77.7 Å². The summed E-state index contributed by atoms with van der Waals surface area (Å²) in [7, 11) is 1.64. The first kappa shape index (κ1) is 18.9. The van der Waals surface area contributed by atoms with Crippen molar-refractivity contribution in [2.75, 3.05) is 13.9 Å². The summed E-state index contributed by atoms with van der Waals surface area (Å²) in [6.45, 7) is 2.30. The van der Waals surface area contributed by atoms with Crippen molar-refractivity contribution in [3.63, 3.8) is 0 Å². The van der Waals surface area contributed by atoms with Gasteiger partial charge in [-0.3, -0.25) is 4.79 Å². The zero-order valence-corrected chi connectivity index (χ0v) is 16.5. The van der Waals surface area contributed by atoms with Crippen molar-refractivity contribution in [1.29, 1.82) is 0 Å². The Morgan fingerprint density at radius 2 is 1.69 bits per heavy atom. The molecule has 0 N–H and O–H groups in total.